The van der Waals surface area contributed by atoms with Crippen LogP contribution in [0.3, 0.4) is 0 Å². The summed E-state index contributed by atoms with van der Waals surface area (Å²) in [5.74, 6) is -1.15. The van der Waals surface area contributed by atoms with Crippen LogP contribution in [-0.4, -0.2) is 24.6 Å². The average Bonchev–Trinajstić information content (AvgIpc) is 2.72. The summed E-state index contributed by atoms with van der Waals surface area (Å²) < 4.78 is 10.8. The Morgan fingerprint density at radius 2 is 1.37 bits per heavy atom. The van der Waals surface area contributed by atoms with Crippen LogP contribution in [0.4, 0.5) is 0 Å². The summed E-state index contributed by atoms with van der Waals surface area (Å²) in [7, 11) is 0. The van der Waals surface area contributed by atoms with Crippen LogP contribution >= 0.6 is 0 Å². The Kier molecular flexibility index (Phi) is 18.1. The summed E-state index contributed by atoms with van der Waals surface area (Å²) in [4.78, 5) is 23.4. The minimum absolute atomic E-state index is 0. The molecule has 0 aliphatic rings. The molecule has 6 heteroatoms. The van der Waals surface area contributed by atoms with E-state index in [9.17, 15) is 14.7 Å². The largest absolute Gasteiger partial charge is 1.00 e. The number of carbonyl (C=O) groups excluding carboxylic acids is 2. The number of carbonyl (C=O) groups is 2. The van der Waals surface area contributed by atoms with Gasteiger partial charge in [0.2, 0.25) is 0 Å². The molecule has 0 bridgehead atoms. The molecule has 1 rings (SSSR count). The van der Waals surface area contributed by atoms with Crippen LogP contribution in [-0.2, 0) is 9.53 Å². The van der Waals surface area contributed by atoms with Crippen molar-refractivity contribution in [1.29, 1.82) is 0 Å². The van der Waals surface area contributed by atoms with Crippen LogP contribution in [0.5, 0.6) is 5.75 Å². The monoisotopic (exact) mass is 428 g/mol. The van der Waals surface area contributed by atoms with Gasteiger partial charge in [-0.15, -0.1) is 0 Å². The summed E-state index contributed by atoms with van der Waals surface area (Å²) >= 11 is 0. The maximum atomic E-state index is 12.1. The third-order valence-corrected chi connectivity index (χ3v) is 4.93. The fourth-order valence-corrected chi connectivity index (χ4v) is 3.12. The molecule has 0 spiro atoms. The zero-order valence-electron chi connectivity index (χ0n) is 19.1. The first-order valence-electron chi connectivity index (χ1n) is 11.2. The topological polar surface area (TPSA) is 75.7 Å². The van der Waals surface area contributed by atoms with E-state index in [1.807, 2.05) is 0 Å². The molecule has 1 unspecified atom stereocenters. The van der Waals surface area contributed by atoms with Crippen molar-refractivity contribution < 1.29 is 53.7 Å². The Bertz CT molecular complexity index is 573. The predicted octanol–water partition coefficient (Wildman–Crippen LogP) is 2.07. The molecular formula is C24H37NaO5. The zero-order valence-corrected chi connectivity index (χ0v) is 21.1. The molecule has 30 heavy (non-hydrogen) atoms. The van der Waals surface area contributed by atoms with E-state index in [1.165, 1.54) is 38.5 Å². The molecule has 0 aromatic heterocycles. The number of aliphatic carboxylic acids is 1. The van der Waals surface area contributed by atoms with Crippen molar-refractivity contribution in [2.45, 2.75) is 97.0 Å². The number of esters is 1. The van der Waals surface area contributed by atoms with Gasteiger partial charge in [0.15, 0.2) is 0 Å². The molecule has 1 aromatic carbocycles. The fraction of sp³-hybridized carbons (Fsp3) is 0.667. The van der Waals surface area contributed by atoms with Crippen molar-refractivity contribution in [2.24, 2.45) is 0 Å². The molecule has 0 amide bonds. The molecule has 1 aromatic rings. The van der Waals surface area contributed by atoms with Gasteiger partial charge in [0.05, 0.1) is 18.1 Å². The molecule has 0 fully saturated rings. The van der Waals surface area contributed by atoms with Gasteiger partial charge in [-0.1, -0.05) is 71.6 Å². The van der Waals surface area contributed by atoms with Crippen LogP contribution in [0.1, 0.15) is 101 Å². The van der Waals surface area contributed by atoms with E-state index in [4.69, 9.17) is 9.47 Å². The second-order valence-corrected chi connectivity index (χ2v) is 7.56. The third-order valence-electron chi connectivity index (χ3n) is 4.93. The van der Waals surface area contributed by atoms with E-state index in [1.54, 1.807) is 24.3 Å². The van der Waals surface area contributed by atoms with Gasteiger partial charge >= 0.3 is 35.5 Å². The molecule has 0 aliphatic carbocycles. The van der Waals surface area contributed by atoms with E-state index >= 15 is 0 Å². The number of unbranched alkanes of at least 4 members (excludes halogenated alkanes) is 9. The first-order chi connectivity index (χ1) is 14.1. The minimum atomic E-state index is -1.20. The standard InChI is InChI=1S/C24H38O5.Na/c1-3-5-7-9-10-12-14-22(23(25)26)29-21-17-15-20(16-18-21)24(27)28-19-13-11-8-6-4-2;/h15-18,22H,3-14,19H2,1-2H3,(H,25,26);/q;+1/p-1. The van der Waals surface area contributed by atoms with Gasteiger partial charge in [-0.05, 0) is 43.5 Å². The SMILES string of the molecule is CCCCCCCCC(Oc1ccc(C(=O)OCCCCCCC)cc1)C(=O)[O-].[Na+]. The third kappa shape index (κ3) is 13.3. The van der Waals surface area contributed by atoms with Crippen LogP contribution in [0.2, 0.25) is 0 Å². The summed E-state index contributed by atoms with van der Waals surface area (Å²) in [6.07, 6.45) is 11.5. The Labute approximate surface area is 204 Å². The van der Waals surface area contributed by atoms with Crippen molar-refractivity contribution in [2.75, 3.05) is 6.61 Å². The quantitative estimate of drug-likeness (QED) is 0.216. The number of carboxylic acids is 1. The van der Waals surface area contributed by atoms with Gasteiger partial charge in [0.25, 0.3) is 0 Å². The van der Waals surface area contributed by atoms with E-state index < -0.39 is 12.1 Å². The van der Waals surface area contributed by atoms with Crippen LogP contribution in [0.15, 0.2) is 24.3 Å². The first kappa shape index (κ1) is 29.0. The molecule has 0 aliphatic heterocycles. The van der Waals surface area contributed by atoms with Gasteiger partial charge < -0.3 is 19.4 Å². The number of hydrogen-bond acceptors (Lipinski definition) is 5. The van der Waals surface area contributed by atoms with Crippen molar-refractivity contribution >= 4 is 11.9 Å². The summed E-state index contributed by atoms with van der Waals surface area (Å²) in [6, 6.07) is 6.42. The second-order valence-electron chi connectivity index (χ2n) is 7.56. The van der Waals surface area contributed by atoms with E-state index in [-0.39, 0.29) is 35.5 Å². The zero-order chi connectivity index (χ0) is 21.3. The van der Waals surface area contributed by atoms with E-state index in [0.29, 0.717) is 24.3 Å². The van der Waals surface area contributed by atoms with Gasteiger partial charge in [-0.2, -0.15) is 0 Å². The normalized spacial score (nSPS) is 11.4. The molecule has 164 valence electrons. The van der Waals surface area contributed by atoms with Gasteiger partial charge in [0.1, 0.15) is 11.9 Å². The first-order valence-corrected chi connectivity index (χ1v) is 11.2. The van der Waals surface area contributed by atoms with Crippen molar-refractivity contribution in [3.63, 3.8) is 0 Å². The van der Waals surface area contributed by atoms with Gasteiger partial charge in [-0.25, -0.2) is 4.79 Å². The molecule has 0 N–H and O–H groups in total. The Morgan fingerprint density at radius 3 is 1.93 bits per heavy atom. The van der Waals surface area contributed by atoms with E-state index in [0.717, 1.165) is 32.1 Å². The number of rotatable bonds is 17. The Hall–Kier alpha value is -1.04. The summed E-state index contributed by atoms with van der Waals surface area (Å²) in [5.41, 5.74) is 0.437. The predicted molar refractivity (Wildman–Crippen MR) is 113 cm³/mol. The molecular weight excluding hydrogens is 391 g/mol. The minimum Gasteiger partial charge on any atom is -0.546 e. The maximum absolute atomic E-state index is 12.1. The smallest absolute Gasteiger partial charge is 0.546 e. The average molecular weight is 429 g/mol. The van der Waals surface area contributed by atoms with Crippen LogP contribution in [0, 0.1) is 0 Å². The Balaban J connectivity index is 0.00000841. The van der Waals surface area contributed by atoms with Crippen LogP contribution in [0.25, 0.3) is 0 Å². The molecule has 5 nitrogen and oxygen atoms in total. The number of benzene rings is 1. The summed E-state index contributed by atoms with van der Waals surface area (Å²) in [6.45, 7) is 4.75. The molecule has 0 saturated carbocycles. The molecule has 0 saturated heterocycles. The van der Waals surface area contributed by atoms with Crippen LogP contribution < -0.4 is 39.4 Å². The number of ether oxygens (including phenoxy) is 2. The van der Waals surface area contributed by atoms with Crippen molar-refractivity contribution in [1.82, 2.24) is 0 Å². The number of carboxylic acid groups (broad SMARTS) is 1. The molecule has 1 atom stereocenters. The van der Waals surface area contributed by atoms with Crippen molar-refractivity contribution in [3.8, 4) is 5.75 Å². The second kappa shape index (κ2) is 18.7. The van der Waals surface area contributed by atoms with Gasteiger partial charge in [0, 0.05) is 0 Å². The molecule has 0 heterocycles. The van der Waals surface area contributed by atoms with E-state index in [2.05, 4.69) is 13.8 Å². The fourth-order valence-electron chi connectivity index (χ4n) is 3.12. The molecule has 0 radical (unpaired) electrons. The summed E-state index contributed by atoms with van der Waals surface area (Å²) in [5, 5.41) is 11.3. The maximum Gasteiger partial charge on any atom is 1.00 e. The number of hydrogen-bond donors (Lipinski definition) is 0. The Morgan fingerprint density at radius 1 is 0.833 bits per heavy atom. The van der Waals surface area contributed by atoms with Gasteiger partial charge in [-0.3, -0.25) is 0 Å². The van der Waals surface area contributed by atoms with Crippen molar-refractivity contribution in [3.05, 3.63) is 29.8 Å².